The Bertz CT molecular complexity index is 367. The molecule has 0 saturated heterocycles. The molecule has 1 atom stereocenters. The molecule has 0 radical (unpaired) electrons. The van der Waals surface area contributed by atoms with Crippen LogP contribution >= 0.6 is 0 Å². The Morgan fingerprint density at radius 3 is 3.00 bits per heavy atom. The summed E-state index contributed by atoms with van der Waals surface area (Å²) in [5.41, 5.74) is 0.412. The predicted molar refractivity (Wildman–Crippen MR) is 48.9 cm³/mol. The van der Waals surface area contributed by atoms with E-state index in [1.54, 1.807) is 31.3 Å². The fourth-order valence-electron chi connectivity index (χ4n) is 1.42. The molecule has 0 spiro atoms. The highest BCUT2D eigenvalue weighted by Crippen LogP contribution is 2.24. The van der Waals surface area contributed by atoms with Gasteiger partial charge >= 0.3 is 0 Å². The molecule has 1 aliphatic heterocycles. The molecule has 1 amide bonds. The van der Waals surface area contributed by atoms with Gasteiger partial charge in [0.15, 0.2) is 0 Å². The van der Waals surface area contributed by atoms with Gasteiger partial charge in [0.25, 0.3) is 12.3 Å². The first-order chi connectivity index (χ1) is 6.68. The SMILES string of the molecule is CN1CC(F)Oc2ccccc2C1=O. The minimum atomic E-state index is -1.45. The topological polar surface area (TPSA) is 29.5 Å². The standard InChI is InChI=1S/C10H10FNO2/c1-12-6-9(11)14-8-5-3-2-4-7(8)10(12)13/h2-5,9H,6H2,1H3. The lowest BCUT2D eigenvalue weighted by atomic mass is 10.2. The number of para-hydroxylation sites is 1. The maximum atomic E-state index is 13.1. The fourth-order valence-corrected chi connectivity index (χ4v) is 1.42. The molecule has 14 heavy (non-hydrogen) atoms. The number of amides is 1. The number of benzene rings is 1. The smallest absolute Gasteiger partial charge is 0.257 e. The third kappa shape index (κ3) is 1.43. The quantitative estimate of drug-likeness (QED) is 0.627. The van der Waals surface area contributed by atoms with Gasteiger partial charge in [0.1, 0.15) is 5.75 Å². The second kappa shape index (κ2) is 3.29. The van der Waals surface area contributed by atoms with Crippen LogP contribution in [0.3, 0.4) is 0 Å². The molecule has 3 nitrogen and oxygen atoms in total. The summed E-state index contributed by atoms with van der Waals surface area (Å²) in [6, 6.07) is 6.67. The minimum Gasteiger partial charge on any atom is -0.458 e. The van der Waals surface area contributed by atoms with Crippen molar-refractivity contribution in [3.05, 3.63) is 29.8 Å². The van der Waals surface area contributed by atoms with Gasteiger partial charge in [-0.05, 0) is 12.1 Å². The zero-order valence-corrected chi connectivity index (χ0v) is 7.74. The van der Waals surface area contributed by atoms with Crippen molar-refractivity contribution in [2.75, 3.05) is 13.6 Å². The molecule has 1 aromatic rings. The van der Waals surface area contributed by atoms with E-state index in [9.17, 15) is 9.18 Å². The van der Waals surface area contributed by atoms with Crippen LogP contribution in [0.15, 0.2) is 24.3 Å². The number of rotatable bonds is 0. The normalized spacial score (nSPS) is 21.1. The van der Waals surface area contributed by atoms with Crippen LogP contribution in [-0.4, -0.2) is 30.8 Å². The Morgan fingerprint density at radius 1 is 1.50 bits per heavy atom. The Morgan fingerprint density at radius 2 is 2.21 bits per heavy atom. The minimum absolute atomic E-state index is 0.0342. The number of fused-ring (bicyclic) bond motifs is 1. The number of hydrogen-bond donors (Lipinski definition) is 0. The zero-order chi connectivity index (χ0) is 10.1. The van der Waals surface area contributed by atoms with Crippen LogP contribution in [0.1, 0.15) is 10.4 Å². The molecule has 1 aromatic carbocycles. The van der Waals surface area contributed by atoms with Crippen molar-refractivity contribution in [3.8, 4) is 5.75 Å². The third-order valence-electron chi connectivity index (χ3n) is 2.14. The highest BCUT2D eigenvalue weighted by Gasteiger charge is 2.25. The number of carbonyl (C=O) groups excluding carboxylic acids is 1. The summed E-state index contributed by atoms with van der Waals surface area (Å²) in [6.07, 6.45) is -1.45. The van der Waals surface area contributed by atoms with Crippen molar-refractivity contribution in [1.82, 2.24) is 4.90 Å². The zero-order valence-electron chi connectivity index (χ0n) is 7.74. The van der Waals surface area contributed by atoms with Gasteiger partial charge in [0.2, 0.25) is 0 Å². The first-order valence-electron chi connectivity index (χ1n) is 4.33. The van der Waals surface area contributed by atoms with E-state index in [2.05, 4.69) is 0 Å². The summed E-state index contributed by atoms with van der Waals surface area (Å²) < 4.78 is 18.1. The average molecular weight is 195 g/mol. The van der Waals surface area contributed by atoms with Gasteiger partial charge in [-0.1, -0.05) is 12.1 Å². The first kappa shape index (κ1) is 8.99. The van der Waals surface area contributed by atoms with Gasteiger partial charge in [0.05, 0.1) is 12.1 Å². The van der Waals surface area contributed by atoms with Crippen LogP contribution in [0.25, 0.3) is 0 Å². The highest BCUT2D eigenvalue weighted by atomic mass is 19.1. The molecular weight excluding hydrogens is 185 g/mol. The molecule has 0 aliphatic carbocycles. The molecule has 0 N–H and O–H groups in total. The van der Waals surface area contributed by atoms with E-state index >= 15 is 0 Å². The Labute approximate surface area is 81.1 Å². The van der Waals surface area contributed by atoms with E-state index in [0.717, 1.165) is 0 Å². The molecule has 0 bridgehead atoms. The van der Waals surface area contributed by atoms with Crippen LogP contribution in [0.2, 0.25) is 0 Å². The van der Waals surface area contributed by atoms with E-state index in [1.165, 1.54) is 4.90 Å². The number of alkyl halides is 1. The lowest BCUT2D eigenvalue weighted by Gasteiger charge is -2.13. The monoisotopic (exact) mass is 195 g/mol. The molecule has 1 heterocycles. The molecule has 4 heteroatoms. The summed E-state index contributed by atoms with van der Waals surface area (Å²) in [4.78, 5) is 13.0. The number of ether oxygens (including phenoxy) is 1. The second-order valence-corrected chi connectivity index (χ2v) is 3.21. The summed E-state index contributed by atoms with van der Waals surface area (Å²) in [6.45, 7) is -0.0342. The lowest BCUT2D eigenvalue weighted by molar-refractivity contribution is 0.0416. The van der Waals surface area contributed by atoms with Crippen molar-refractivity contribution in [2.45, 2.75) is 6.36 Å². The van der Waals surface area contributed by atoms with Gasteiger partial charge in [-0.25, -0.2) is 0 Å². The summed E-state index contributed by atoms with van der Waals surface area (Å²) in [7, 11) is 1.56. The van der Waals surface area contributed by atoms with Crippen molar-refractivity contribution in [3.63, 3.8) is 0 Å². The predicted octanol–water partition coefficient (Wildman–Crippen LogP) is 1.45. The Kier molecular flexibility index (Phi) is 2.11. The van der Waals surface area contributed by atoms with E-state index in [-0.39, 0.29) is 12.5 Å². The second-order valence-electron chi connectivity index (χ2n) is 3.21. The largest absolute Gasteiger partial charge is 0.458 e. The van der Waals surface area contributed by atoms with Crippen molar-refractivity contribution >= 4 is 5.91 Å². The van der Waals surface area contributed by atoms with E-state index < -0.39 is 6.36 Å². The van der Waals surface area contributed by atoms with E-state index in [0.29, 0.717) is 11.3 Å². The molecule has 0 fully saturated rings. The number of likely N-dealkylation sites (N-methyl/N-ethyl adjacent to an activating group) is 1. The Hall–Kier alpha value is -1.58. The van der Waals surface area contributed by atoms with Crippen molar-refractivity contribution in [2.24, 2.45) is 0 Å². The summed E-state index contributed by atoms with van der Waals surface area (Å²) in [5.74, 6) is 0.107. The number of nitrogens with zero attached hydrogens (tertiary/aromatic N) is 1. The first-order valence-corrected chi connectivity index (χ1v) is 4.33. The van der Waals surface area contributed by atoms with Crippen LogP contribution < -0.4 is 4.74 Å². The molecule has 1 unspecified atom stereocenters. The summed E-state index contributed by atoms with van der Waals surface area (Å²) >= 11 is 0. The molecule has 0 saturated carbocycles. The average Bonchev–Trinajstić information content (AvgIpc) is 2.26. The van der Waals surface area contributed by atoms with Crippen LogP contribution in [0, 0.1) is 0 Å². The maximum absolute atomic E-state index is 13.1. The van der Waals surface area contributed by atoms with E-state index in [1.807, 2.05) is 0 Å². The lowest BCUT2D eigenvalue weighted by Crippen LogP contribution is -2.31. The van der Waals surface area contributed by atoms with Gasteiger partial charge in [-0.2, -0.15) is 4.39 Å². The number of carbonyl (C=O) groups is 1. The van der Waals surface area contributed by atoms with Crippen molar-refractivity contribution < 1.29 is 13.9 Å². The molecular formula is C10H10FNO2. The fraction of sp³-hybridized carbons (Fsp3) is 0.300. The third-order valence-corrected chi connectivity index (χ3v) is 2.14. The Balaban J connectivity index is 2.46. The van der Waals surface area contributed by atoms with Crippen LogP contribution in [-0.2, 0) is 0 Å². The van der Waals surface area contributed by atoms with Gasteiger partial charge in [0, 0.05) is 7.05 Å². The summed E-state index contributed by atoms with van der Waals surface area (Å²) in [5, 5.41) is 0. The molecule has 74 valence electrons. The highest BCUT2D eigenvalue weighted by molar-refractivity contribution is 5.97. The van der Waals surface area contributed by atoms with Crippen molar-refractivity contribution in [1.29, 1.82) is 0 Å². The molecule has 1 aliphatic rings. The van der Waals surface area contributed by atoms with Gasteiger partial charge < -0.3 is 9.64 Å². The maximum Gasteiger partial charge on any atom is 0.257 e. The van der Waals surface area contributed by atoms with Gasteiger partial charge in [-0.3, -0.25) is 4.79 Å². The van der Waals surface area contributed by atoms with Crippen LogP contribution in [0.4, 0.5) is 4.39 Å². The van der Waals surface area contributed by atoms with Gasteiger partial charge in [-0.15, -0.1) is 0 Å². The van der Waals surface area contributed by atoms with Crippen LogP contribution in [0.5, 0.6) is 5.75 Å². The van der Waals surface area contributed by atoms with E-state index in [4.69, 9.17) is 4.74 Å². The molecule has 2 rings (SSSR count). The number of halogens is 1. The number of hydrogen-bond acceptors (Lipinski definition) is 2. The molecule has 0 aromatic heterocycles.